The lowest BCUT2D eigenvalue weighted by Crippen LogP contribution is -2.22. The summed E-state index contributed by atoms with van der Waals surface area (Å²) in [6, 6.07) is 10.9. The summed E-state index contributed by atoms with van der Waals surface area (Å²) in [5, 5.41) is 4.04. The van der Waals surface area contributed by atoms with Gasteiger partial charge in [-0.1, -0.05) is 0 Å². The van der Waals surface area contributed by atoms with E-state index < -0.39 is 11.9 Å². The summed E-state index contributed by atoms with van der Waals surface area (Å²) in [6.07, 6.45) is 2.82. The lowest BCUT2D eigenvalue weighted by atomic mass is 10.1. The van der Waals surface area contributed by atoms with Gasteiger partial charge in [0.15, 0.2) is 5.78 Å². The first-order valence-corrected chi connectivity index (χ1v) is 8.14. The first-order chi connectivity index (χ1) is 11.6. The minimum Gasteiger partial charge on any atom is -0.292 e. The van der Waals surface area contributed by atoms with Gasteiger partial charge >= 0.3 is 0 Å². The molecular formula is C17H13F2N3OS. The van der Waals surface area contributed by atoms with E-state index in [0.29, 0.717) is 11.3 Å². The average Bonchev–Trinajstić information content (AvgIpc) is 3.11. The van der Waals surface area contributed by atoms with Crippen LogP contribution in [0.1, 0.15) is 16.4 Å². The molecule has 2 aromatic carbocycles. The number of hydrogen-bond acceptors (Lipinski definition) is 4. The second-order valence-corrected chi connectivity index (χ2v) is 6.12. The Morgan fingerprint density at radius 2 is 1.67 bits per heavy atom. The zero-order chi connectivity index (χ0) is 16.9. The van der Waals surface area contributed by atoms with E-state index in [-0.39, 0.29) is 11.6 Å². The van der Waals surface area contributed by atoms with Gasteiger partial charge in [0.2, 0.25) is 0 Å². The van der Waals surface area contributed by atoms with E-state index in [4.69, 9.17) is 0 Å². The van der Waals surface area contributed by atoms with Gasteiger partial charge in [-0.2, -0.15) is 5.10 Å². The molecule has 3 aromatic rings. The van der Waals surface area contributed by atoms with Gasteiger partial charge in [0.05, 0.1) is 0 Å². The molecule has 1 atom stereocenters. The van der Waals surface area contributed by atoms with Gasteiger partial charge in [-0.3, -0.25) is 4.79 Å². The number of ketones is 1. The van der Waals surface area contributed by atoms with Crippen molar-refractivity contribution in [3.8, 4) is 0 Å². The van der Waals surface area contributed by atoms with Crippen molar-refractivity contribution in [1.29, 1.82) is 0 Å². The number of hydrogen-bond donors (Lipinski definition) is 0. The predicted octanol–water partition coefficient (Wildman–Crippen LogP) is 3.77. The minimum atomic E-state index is -0.590. The van der Waals surface area contributed by atoms with E-state index in [9.17, 15) is 13.6 Å². The van der Waals surface area contributed by atoms with Crippen LogP contribution < -0.4 is 0 Å². The maximum Gasteiger partial charge on any atom is 0.188 e. The number of benzene rings is 2. The SMILES string of the molecule is O=C(c1ccc(F)cc1)[C@@H](CSc1ccc(F)cc1)n1cncn1. The third-order valence-electron chi connectivity index (χ3n) is 3.41. The fourth-order valence-corrected chi connectivity index (χ4v) is 3.15. The van der Waals surface area contributed by atoms with E-state index in [1.807, 2.05) is 0 Å². The quantitative estimate of drug-likeness (QED) is 0.504. The molecule has 0 aliphatic rings. The molecule has 0 aliphatic heterocycles. The molecule has 7 heteroatoms. The molecule has 0 saturated heterocycles. The third kappa shape index (κ3) is 3.86. The van der Waals surface area contributed by atoms with E-state index in [1.54, 1.807) is 12.1 Å². The lowest BCUT2D eigenvalue weighted by molar-refractivity contribution is 0.0930. The second-order valence-electron chi connectivity index (χ2n) is 5.03. The van der Waals surface area contributed by atoms with Crippen LogP contribution in [0.4, 0.5) is 8.78 Å². The van der Waals surface area contributed by atoms with Crippen molar-refractivity contribution in [3.63, 3.8) is 0 Å². The van der Waals surface area contributed by atoms with Crippen molar-refractivity contribution in [2.75, 3.05) is 5.75 Å². The van der Waals surface area contributed by atoms with Gasteiger partial charge in [0.1, 0.15) is 30.3 Å². The highest BCUT2D eigenvalue weighted by Gasteiger charge is 2.23. The van der Waals surface area contributed by atoms with Crippen LogP contribution in [-0.2, 0) is 0 Å². The Labute approximate surface area is 141 Å². The standard InChI is InChI=1S/C17H13F2N3OS/c18-13-3-1-12(2-4-13)17(23)16(22-11-20-10-21-22)9-24-15-7-5-14(19)6-8-15/h1-8,10-11,16H,9H2/t16-/m1/s1. The highest BCUT2D eigenvalue weighted by atomic mass is 32.2. The molecule has 0 saturated carbocycles. The largest absolute Gasteiger partial charge is 0.292 e. The molecule has 0 fully saturated rings. The monoisotopic (exact) mass is 345 g/mol. The molecule has 24 heavy (non-hydrogen) atoms. The van der Waals surface area contributed by atoms with Crippen LogP contribution in [0.3, 0.4) is 0 Å². The zero-order valence-corrected chi connectivity index (χ0v) is 13.3. The fourth-order valence-electron chi connectivity index (χ4n) is 2.16. The van der Waals surface area contributed by atoms with Crippen LogP contribution >= 0.6 is 11.8 Å². The van der Waals surface area contributed by atoms with Gasteiger partial charge in [-0.15, -0.1) is 11.8 Å². The topological polar surface area (TPSA) is 47.8 Å². The summed E-state index contributed by atoms with van der Waals surface area (Å²) < 4.78 is 27.5. The number of carbonyl (C=O) groups excluding carboxylic acids is 1. The zero-order valence-electron chi connectivity index (χ0n) is 12.5. The van der Waals surface area contributed by atoms with Crippen molar-refractivity contribution in [3.05, 3.63) is 78.4 Å². The average molecular weight is 345 g/mol. The molecule has 0 aliphatic carbocycles. The van der Waals surface area contributed by atoms with Crippen LogP contribution in [0.25, 0.3) is 0 Å². The molecular weight excluding hydrogens is 332 g/mol. The van der Waals surface area contributed by atoms with Crippen molar-refractivity contribution in [1.82, 2.24) is 14.8 Å². The molecule has 0 amide bonds. The summed E-state index contributed by atoms with van der Waals surface area (Å²) in [7, 11) is 0. The molecule has 1 aromatic heterocycles. The molecule has 3 rings (SSSR count). The van der Waals surface area contributed by atoms with Crippen LogP contribution in [0.5, 0.6) is 0 Å². The van der Waals surface area contributed by atoms with Crippen molar-refractivity contribution in [2.45, 2.75) is 10.9 Å². The summed E-state index contributed by atoms with van der Waals surface area (Å²) in [6.45, 7) is 0. The molecule has 0 radical (unpaired) electrons. The number of carbonyl (C=O) groups is 1. The van der Waals surface area contributed by atoms with Crippen LogP contribution in [0.15, 0.2) is 66.1 Å². The number of nitrogens with zero attached hydrogens (tertiary/aromatic N) is 3. The first kappa shape index (κ1) is 16.3. The maximum absolute atomic E-state index is 13.1. The molecule has 4 nitrogen and oxygen atoms in total. The Bertz CT molecular complexity index is 805. The van der Waals surface area contributed by atoms with E-state index in [2.05, 4.69) is 10.1 Å². The molecule has 1 heterocycles. The predicted molar refractivity (Wildman–Crippen MR) is 86.9 cm³/mol. The number of aromatic nitrogens is 3. The highest BCUT2D eigenvalue weighted by Crippen LogP contribution is 2.25. The minimum absolute atomic E-state index is 0.185. The van der Waals surface area contributed by atoms with E-state index >= 15 is 0 Å². The second kappa shape index (κ2) is 7.35. The Balaban J connectivity index is 1.80. The summed E-state index contributed by atoms with van der Waals surface area (Å²) in [5.41, 5.74) is 0.400. The Hall–Kier alpha value is -2.54. The number of rotatable bonds is 6. The summed E-state index contributed by atoms with van der Waals surface area (Å²) in [5.74, 6) is -0.500. The van der Waals surface area contributed by atoms with Crippen LogP contribution in [-0.4, -0.2) is 26.3 Å². The van der Waals surface area contributed by atoms with Gasteiger partial charge in [-0.05, 0) is 48.5 Å². The number of thioether (sulfide) groups is 1. The lowest BCUT2D eigenvalue weighted by Gasteiger charge is -2.15. The van der Waals surface area contributed by atoms with Gasteiger partial charge in [-0.25, -0.2) is 18.4 Å². The van der Waals surface area contributed by atoms with Crippen molar-refractivity contribution >= 4 is 17.5 Å². The third-order valence-corrected chi connectivity index (χ3v) is 4.50. The molecule has 0 spiro atoms. The van der Waals surface area contributed by atoms with Gasteiger partial charge < -0.3 is 0 Å². The van der Waals surface area contributed by atoms with Crippen LogP contribution in [0.2, 0.25) is 0 Å². The Morgan fingerprint density at radius 3 is 2.25 bits per heavy atom. The van der Waals surface area contributed by atoms with Crippen LogP contribution in [0, 0.1) is 11.6 Å². The van der Waals surface area contributed by atoms with E-state index in [1.165, 1.54) is 65.5 Å². The molecule has 122 valence electrons. The Kier molecular flexibility index (Phi) is 5.00. The molecule has 0 N–H and O–H groups in total. The summed E-state index contributed by atoms with van der Waals surface area (Å²) in [4.78, 5) is 17.5. The smallest absolute Gasteiger partial charge is 0.188 e. The fraction of sp³-hybridized carbons (Fsp3) is 0.118. The highest BCUT2D eigenvalue weighted by molar-refractivity contribution is 7.99. The first-order valence-electron chi connectivity index (χ1n) is 7.16. The molecule has 0 unspecified atom stereocenters. The Morgan fingerprint density at radius 1 is 1.04 bits per heavy atom. The maximum atomic E-state index is 13.1. The van der Waals surface area contributed by atoms with Crippen molar-refractivity contribution in [2.24, 2.45) is 0 Å². The molecule has 0 bridgehead atoms. The number of halogens is 2. The van der Waals surface area contributed by atoms with Gasteiger partial charge in [0, 0.05) is 16.2 Å². The normalized spacial score (nSPS) is 12.1. The van der Waals surface area contributed by atoms with Crippen molar-refractivity contribution < 1.29 is 13.6 Å². The van der Waals surface area contributed by atoms with E-state index in [0.717, 1.165) is 4.90 Å². The van der Waals surface area contributed by atoms with Gasteiger partial charge in [0.25, 0.3) is 0 Å². The summed E-state index contributed by atoms with van der Waals surface area (Å²) >= 11 is 1.41. The number of Topliss-reactive ketones (excluding diaryl/α,β-unsaturated/α-hetero) is 1.